The number of ether oxygens (including phenoxy) is 1. The van der Waals surface area contributed by atoms with Crippen molar-refractivity contribution in [3.63, 3.8) is 0 Å². The van der Waals surface area contributed by atoms with E-state index in [1.54, 1.807) is 6.92 Å². The predicted octanol–water partition coefficient (Wildman–Crippen LogP) is 2.00. The van der Waals surface area contributed by atoms with Crippen molar-refractivity contribution in [3.05, 3.63) is 36.4 Å². The number of fused-ring (bicyclic) bond motifs is 1. The number of nitrogens with one attached hydrogen (secondary N) is 1. The molecule has 3 nitrogen and oxygen atoms in total. The van der Waals surface area contributed by atoms with E-state index in [9.17, 15) is 4.79 Å². The Morgan fingerprint density at radius 1 is 1.53 bits per heavy atom. The number of Topliss-reactive ketones (excluding diaryl/α,β-unsaturated/α-hetero) is 1. The fraction of sp³-hybridized carbons (Fsp3) is 0.250. The van der Waals surface area contributed by atoms with E-state index >= 15 is 0 Å². The maximum Gasteiger partial charge on any atom is 0.200 e. The maximum absolute atomic E-state index is 11.6. The molecule has 0 spiro atoms. The number of benzene rings is 1. The molecular weight excluding hydrogens is 190 g/mol. The molecule has 3 heteroatoms. The standard InChI is InChI=1S/C12H13NO2/c1-8(2)12(14)11-7-13-9-5-3-4-6-10(9)15-11/h3-6,11,13H,1,7H2,2H3. The number of rotatable bonds is 2. The topological polar surface area (TPSA) is 38.3 Å². The summed E-state index contributed by atoms with van der Waals surface area (Å²) >= 11 is 0. The zero-order valence-corrected chi connectivity index (χ0v) is 8.62. The average molecular weight is 203 g/mol. The minimum absolute atomic E-state index is 0.0444. The van der Waals surface area contributed by atoms with Gasteiger partial charge in [0, 0.05) is 0 Å². The number of carbonyl (C=O) groups is 1. The molecule has 0 aliphatic carbocycles. The van der Waals surface area contributed by atoms with Crippen molar-refractivity contribution in [2.24, 2.45) is 0 Å². The van der Waals surface area contributed by atoms with Gasteiger partial charge in [0.15, 0.2) is 11.9 Å². The van der Waals surface area contributed by atoms with Crippen molar-refractivity contribution in [1.29, 1.82) is 0 Å². The number of ketones is 1. The Bertz CT molecular complexity index is 412. The fourth-order valence-electron chi connectivity index (χ4n) is 1.53. The van der Waals surface area contributed by atoms with Crippen LogP contribution in [0.2, 0.25) is 0 Å². The summed E-state index contributed by atoms with van der Waals surface area (Å²) in [6.45, 7) is 5.83. The van der Waals surface area contributed by atoms with E-state index in [4.69, 9.17) is 4.74 Å². The van der Waals surface area contributed by atoms with Crippen LogP contribution in [0.1, 0.15) is 6.92 Å². The molecule has 1 aliphatic heterocycles. The third kappa shape index (κ3) is 1.86. The van der Waals surface area contributed by atoms with Gasteiger partial charge in [0.05, 0.1) is 12.2 Å². The Kier molecular flexibility index (Phi) is 2.46. The zero-order chi connectivity index (χ0) is 10.8. The summed E-state index contributed by atoms with van der Waals surface area (Å²) in [6, 6.07) is 7.58. The van der Waals surface area contributed by atoms with Crippen LogP contribution < -0.4 is 10.1 Å². The number of carbonyl (C=O) groups excluding carboxylic acids is 1. The highest BCUT2D eigenvalue weighted by Crippen LogP contribution is 2.28. The van der Waals surface area contributed by atoms with Crippen molar-refractivity contribution in [1.82, 2.24) is 0 Å². The minimum atomic E-state index is -0.447. The Morgan fingerprint density at radius 2 is 2.27 bits per heavy atom. The van der Waals surface area contributed by atoms with Gasteiger partial charge in [-0.15, -0.1) is 0 Å². The Labute approximate surface area is 88.8 Å². The molecule has 0 amide bonds. The summed E-state index contributed by atoms with van der Waals surface area (Å²) < 4.78 is 5.58. The van der Waals surface area contributed by atoms with Crippen molar-refractivity contribution in [2.75, 3.05) is 11.9 Å². The monoisotopic (exact) mass is 203 g/mol. The van der Waals surface area contributed by atoms with Crippen molar-refractivity contribution < 1.29 is 9.53 Å². The number of para-hydroxylation sites is 2. The highest BCUT2D eigenvalue weighted by Gasteiger charge is 2.25. The molecule has 78 valence electrons. The molecule has 1 unspecified atom stereocenters. The Hall–Kier alpha value is -1.77. The van der Waals surface area contributed by atoms with Gasteiger partial charge in [-0.25, -0.2) is 0 Å². The first kappa shape index (κ1) is 9.77. The van der Waals surface area contributed by atoms with Crippen LogP contribution >= 0.6 is 0 Å². The molecule has 1 N–H and O–H groups in total. The van der Waals surface area contributed by atoms with Crippen LogP contribution in [0.3, 0.4) is 0 Å². The summed E-state index contributed by atoms with van der Waals surface area (Å²) in [5.74, 6) is 0.681. The fourth-order valence-corrected chi connectivity index (χ4v) is 1.53. The lowest BCUT2D eigenvalue weighted by Crippen LogP contribution is -2.37. The van der Waals surface area contributed by atoms with Crippen LogP contribution in [-0.4, -0.2) is 18.4 Å². The van der Waals surface area contributed by atoms with Crippen molar-refractivity contribution in [2.45, 2.75) is 13.0 Å². The molecule has 1 aromatic carbocycles. The molecule has 0 fully saturated rings. The minimum Gasteiger partial charge on any atom is -0.478 e. The van der Waals surface area contributed by atoms with E-state index < -0.39 is 6.10 Å². The van der Waals surface area contributed by atoms with Crippen LogP contribution in [0.4, 0.5) is 5.69 Å². The molecule has 0 radical (unpaired) electrons. The average Bonchev–Trinajstić information content (AvgIpc) is 2.27. The third-order valence-corrected chi connectivity index (χ3v) is 2.35. The van der Waals surface area contributed by atoms with Gasteiger partial charge in [0.2, 0.25) is 0 Å². The molecule has 1 heterocycles. The van der Waals surface area contributed by atoms with Gasteiger partial charge in [-0.3, -0.25) is 4.79 Å². The molecule has 0 saturated carbocycles. The van der Waals surface area contributed by atoms with Crippen LogP contribution in [-0.2, 0) is 4.79 Å². The zero-order valence-electron chi connectivity index (χ0n) is 8.62. The van der Waals surface area contributed by atoms with Crippen LogP contribution in [0.25, 0.3) is 0 Å². The second kappa shape index (κ2) is 3.77. The van der Waals surface area contributed by atoms with Crippen LogP contribution in [0.15, 0.2) is 36.4 Å². The normalized spacial score (nSPS) is 18.3. The van der Waals surface area contributed by atoms with Gasteiger partial charge in [-0.1, -0.05) is 18.7 Å². The first-order valence-electron chi connectivity index (χ1n) is 4.88. The quantitative estimate of drug-likeness (QED) is 0.747. The Balaban J connectivity index is 2.19. The number of hydrogen-bond acceptors (Lipinski definition) is 3. The lowest BCUT2D eigenvalue weighted by molar-refractivity contribution is -0.121. The van der Waals surface area contributed by atoms with Gasteiger partial charge in [0.25, 0.3) is 0 Å². The van der Waals surface area contributed by atoms with E-state index in [1.807, 2.05) is 24.3 Å². The van der Waals surface area contributed by atoms with E-state index in [0.717, 1.165) is 11.4 Å². The van der Waals surface area contributed by atoms with E-state index in [1.165, 1.54) is 0 Å². The molecule has 0 saturated heterocycles. The van der Waals surface area contributed by atoms with E-state index in [0.29, 0.717) is 12.1 Å². The molecule has 1 aliphatic rings. The van der Waals surface area contributed by atoms with Crippen molar-refractivity contribution >= 4 is 11.5 Å². The highest BCUT2D eigenvalue weighted by molar-refractivity contribution is 5.98. The van der Waals surface area contributed by atoms with Gasteiger partial charge in [0.1, 0.15) is 5.75 Å². The molecule has 0 aromatic heterocycles. The summed E-state index contributed by atoms with van der Waals surface area (Å²) in [5, 5.41) is 3.16. The Morgan fingerprint density at radius 3 is 3.00 bits per heavy atom. The number of hydrogen-bond donors (Lipinski definition) is 1. The lowest BCUT2D eigenvalue weighted by atomic mass is 10.1. The summed E-state index contributed by atoms with van der Waals surface area (Å²) in [5.41, 5.74) is 1.46. The first-order chi connectivity index (χ1) is 7.18. The van der Waals surface area contributed by atoms with Crippen molar-refractivity contribution in [3.8, 4) is 5.75 Å². The molecule has 1 atom stereocenters. The maximum atomic E-state index is 11.6. The van der Waals surface area contributed by atoms with Gasteiger partial charge in [-0.2, -0.15) is 0 Å². The van der Waals surface area contributed by atoms with E-state index in [2.05, 4.69) is 11.9 Å². The summed E-state index contributed by atoms with van der Waals surface area (Å²) in [6.07, 6.45) is -0.447. The third-order valence-electron chi connectivity index (χ3n) is 2.35. The second-order valence-corrected chi connectivity index (χ2v) is 3.63. The van der Waals surface area contributed by atoms with Gasteiger partial charge >= 0.3 is 0 Å². The molecule has 0 bridgehead atoms. The molecule has 2 rings (SSSR count). The highest BCUT2D eigenvalue weighted by atomic mass is 16.5. The summed E-state index contributed by atoms with van der Waals surface area (Å²) in [7, 11) is 0. The predicted molar refractivity (Wildman–Crippen MR) is 59.2 cm³/mol. The summed E-state index contributed by atoms with van der Waals surface area (Å²) in [4.78, 5) is 11.6. The largest absolute Gasteiger partial charge is 0.478 e. The smallest absolute Gasteiger partial charge is 0.200 e. The van der Waals surface area contributed by atoms with Crippen LogP contribution in [0.5, 0.6) is 5.75 Å². The molecular formula is C12H13NO2. The van der Waals surface area contributed by atoms with Gasteiger partial charge in [-0.05, 0) is 24.6 Å². The number of anilines is 1. The van der Waals surface area contributed by atoms with Crippen LogP contribution in [0, 0.1) is 0 Å². The first-order valence-corrected chi connectivity index (χ1v) is 4.88. The SMILES string of the molecule is C=C(C)C(=O)C1CNc2ccccc2O1. The second-order valence-electron chi connectivity index (χ2n) is 3.63. The van der Waals surface area contributed by atoms with E-state index in [-0.39, 0.29) is 5.78 Å². The molecule has 1 aromatic rings. The lowest BCUT2D eigenvalue weighted by Gasteiger charge is -2.26. The molecule has 15 heavy (non-hydrogen) atoms. The van der Waals surface area contributed by atoms with Gasteiger partial charge < -0.3 is 10.1 Å².